The minimum atomic E-state index is -0.347. The summed E-state index contributed by atoms with van der Waals surface area (Å²) in [5.74, 6) is -0.777. The number of nitrogens with zero attached hydrogens (tertiary/aromatic N) is 1. The van der Waals surface area contributed by atoms with Gasteiger partial charge in [-0.1, -0.05) is 42.4 Å². The largest absolute Gasteiger partial charge is 0.392 e. The van der Waals surface area contributed by atoms with Crippen LogP contribution in [-0.2, 0) is 17.9 Å². The zero-order valence-corrected chi connectivity index (χ0v) is 16.5. The van der Waals surface area contributed by atoms with Gasteiger partial charge in [-0.2, -0.15) is 0 Å². The highest BCUT2D eigenvalue weighted by molar-refractivity contribution is 6.31. The average molecular weight is 418 g/mol. The van der Waals surface area contributed by atoms with Crippen LogP contribution in [0.25, 0.3) is 10.9 Å². The normalized spacial score (nSPS) is 10.1. The summed E-state index contributed by atoms with van der Waals surface area (Å²) in [6.07, 6.45) is 2.95. The lowest BCUT2D eigenvalue weighted by atomic mass is 10.1. The van der Waals surface area contributed by atoms with Gasteiger partial charge in [0.15, 0.2) is 0 Å². The lowest BCUT2D eigenvalue weighted by molar-refractivity contribution is -0.121. The molecule has 3 aromatic rings. The molecule has 3 N–H and O–H groups in total. The van der Waals surface area contributed by atoms with E-state index in [1.54, 1.807) is 54.2 Å². The number of rotatable bonds is 5. The molecular weight excluding hydrogens is 397 g/mol. The lowest BCUT2D eigenvalue weighted by Gasteiger charge is -2.03. The molecule has 0 aliphatic rings. The first-order chi connectivity index (χ1) is 13.9. The second-order valence-electron chi connectivity index (χ2n) is 5.93. The molecule has 0 atom stereocenters. The van der Waals surface area contributed by atoms with Crippen molar-refractivity contribution in [3.63, 3.8) is 0 Å². The van der Waals surface area contributed by atoms with E-state index in [1.165, 1.54) is 12.3 Å². The van der Waals surface area contributed by atoms with Gasteiger partial charge in [0.1, 0.15) is 12.4 Å². The summed E-state index contributed by atoms with van der Waals surface area (Å²) in [5.41, 5.74) is 1.55. The summed E-state index contributed by atoms with van der Waals surface area (Å²) < 4.78 is 14.1. The van der Waals surface area contributed by atoms with E-state index >= 15 is 0 Å². The summed E-state index contributed by atoms with van der Waals surface area (Å²) in [7, 11) is 1.56. The van der Waals surface area contributed by atoms with E-state index < -0.39 is 0 Å². The number of halogens is 2. The SMILES string of the molecule is C=CNC(=O)c1cn(CC(=O)NC)c2cc(Cl)ccc12.OCc1ccccc1F. The first-order valence-corrected chi connectivity index (χ1v) is 9.04. The third-order valence-corrected chi connectivity index (χ3v) is 4.28. The van der Waals surface area contributed by atoms with E-state index in [4.69, 9.17) is 16.7 Å². The zero-order chi connectivity index (χ0) is 21.4. The standard InChI is InChI=1S/C14H14ClN3O2.C7H7FO/c1-3-17-14(20)11-7-18(8-13(19)16-2)12-6-9(15)4-5-10(11)12;8-7-4-2-1-3-6(7)5-9/h3-7H,1,8H2,2H3,(H,16,19)(H,17,20);1-4,9H,5H2. The first kappa shape index (κ1) is 22.1. The molecule has 0 spiro atoms. The summed E-state index contributed by atoms with van der Waals surface area (Å²) in [6, 6.07) is 11.4. The van der Waals surface area contributed by atoms with Crippen LogP contribution in [0.2, 0.25) is 5.02 Å². The Bertz CT molecular complexity index is 1030. The summed E-state index contributed by atoms with van der Waals surface area (Å²) in [5, 5.41) is 14.8. The first-order valence-electron chi connectivity index (χ1n) is 8.66. The second-order valence-corrected chi connectivity index (χ2v) is 6.37. The van der Waals surface area contributed by atoms with E-state index in [0.29, 0.717) is 16.1 Å². The molecule has 2 aromatic carbocycles. The van der Waals surface area contributed by atoms with E-state index in [2.05, 4.69) is 17.2 Å². The Morgan fingerprint density at radius 2 is 2.00 bits per heavy atom. The molecule has 0 unspecified atom stereocenters. The molecule has 6 nitrogen and oxygen atoms in total. The van der Waals surface area contributed by atoms with Gasteiger partial charge in [-0.25, -0.2) is 4.39 Å². The van der Waals surface area contributed by atoms with Crippen LogP contribution in [0.5, 0.6) is 0 Å². The molecule has 1 heterocycles. The maximum Gasteiger partial charge on any atom is 0.257 e. The van der Waals surface area contributed by atoms with Crippen LogP contribution >= 0.6 is 11.6 Å². The quantitative estimate of drug-likeness (QED) is 0.596. The Labute approximate surface area is 172 Å². The van der Waals surface area contributed by atoms with Gasteiger partial charge in [0.05, 0.1) is 17.7 Å². The van der Waals surface area contributed by atoms with Gasteiger partial charge in [0, 0.05) is 29.2 Å². The number of benzene rings is 2. The molecule has 0 saturated carbocycles. The van der Waals surface area contributed by atoms with Gasteiger partial charge in [0.2, 0.25) is 5.91 Å². The fraction of sp³-hybridized carbons (Fsp3) is 0.143. The monoisotopic (exact) mass is 417 g/mol. The number of aliphatic hydroxyl groups excluding tert-OH is 1. The van der Waals surface area contributed by atoms with Crippen molar-refractivity contribution in [1.82, 2.24) is 15.2 Å². The summed E-state index contributed by atoms with van der Waals surface area (Å²) in [6.45, 7) is 3.36. The van der Waals surface area contributed by atoms with Crippen molar-refractivity contribution in [3.8, 4) is 0 Å². The molecule has 0 saturated heterocycles. The van der Waals surface area contributed by atoms with Crippen molar-refractivity contribution >= 4 is 34.3 Å². The highest BCUT2D eigenvalue weighted by Gasteiger charge is 2.15. The lowest BCUT2D eigenvalue weighted by Crippen LogP contribution is -2.23. The zero-order valence-electron chi connectivity index (χ0n) is 15.8. The number of carbonyl (C=O) groups is 2. The fourth-order valence-corrected chi connectivity index (χ4v) is 2.77. The van der Waals surface area contributed by atoms with E-state index in [1.807, 2.05) is 0 Å². The second kappa shape index (κ2) is 10.4. The molecule has 152 valence electrons. The molecule has 29 heavy (non-hydrogen) atoms. The maximum atomic E-state index is 12.4. The Hall–Kier alpha value is -3.16. The molecular formula is C21H21ClFN3O3. The van der Waals surface area contributed by atoms with Crippen LogP contribution < -0.4 is 10.6 Å². The third-order valence-electron chi connectivity index (χ3n) is 4.04. The van der Waals surface area contributed by atoms with Crippen molar-refractivity contribution in [2.45, 2.75) is 13.2 Å². The van der Waals surface area contributed by atoms with E-state index in [-0.39, 0.29) is 30.8 Å². The maximum absolute atomic E-state index is 12.4. The number of likely N-dealkylation sites (N-methyl/N-ethyl adjacent to an activating group) is 1. The number of hydrogen-bond acceptors (Lipinski definition) is 3. The van der Waals surface area contributed by atoms with Crippen molar-refractivity contribution in [1.29, 1.82) is 0 Å². The highest BCUT2D eigenvalue weighted by atomic mass is 35.5. The van der Waals surface area contributed by atoms with Crippen LogP contribution in [0.1, 0.15) is 15.9 Å². The van der Waals surface area contributed by atoms with Crippen molar-refractivity contribution in [2.75, 3.05) is 7.05 Å². The number of aliphatic hydroxyl groups is 1. The number of amides is 2. The molecule has 0 bridgehead atoms. The molecule has 0 radical (unpaired) electrons. The molecule has 0 aliphatic heterocycles. The van der Waals surface area contributed by atoms with Crippen LogP contribution in [0.4, 0.5) is 4.39 Å². The van der Waals surface area contributed by atoms with Crippen LogP contribution in [0.15, 0.2) is 61.4 Å². The molecule has 8 heteroatoms. The third kappa shape index (κ3) is 5.66. The Kier molecular flexibility index (Phi) is 7.94. The van der Waals surface area contributed by atoms with Crippen LogP contribution in [0.3, 0.4) is 0 Å². The van der Waals surface area contributed by atoms with E-state index in [9.17, 15) is 14.0 Å². The van der Waals surface area contributed by atoms with Gasteiger partial charge in [-0.3, -0.25) is 9.59 Å². The van der Waals surface area contributed by atoms with Crippen molar-refractivity contribution < 1.29 is 19.1 Å². The van der Waals surface area contributed by atoms with Gasteiger partial charge in [-0.15, -0.1) is 0 Å². The number of aromatic nitrogens is 1. The summed E-state index contributed by atoms with van der Waals surface area (Å²) >= 11 is 5.98. The van der Waals surface area contributed by atoms with Gasteiger partial charge >= 0.3 is 0 Å². The molecule has 0 aliphatic carbocycles. The molecule has 1 aromatic heterocycles. The number of hydrogen-bond donors (Lipinski definition) is 3. The van der Waals surface area contributed by atoms with Gasteiger partial charge < -0.3 is 20.3 Å². The number of carbonyl (C=O) groups excluding carboxylic acids is 2. The number of nitrogens with one attached hydrogen (secondary N) is 2. The predicted molar refractivity (Wildman–Crippen MR) is 111 cm³/mol. The minimum Gasteiger partial charge on any atom is -0.392 e. The van der Waals surface area contributed by atoms with Crippen molar-refractivity contribution in [3.05, 3.63) is 83.4 Å². The fourth-order valence-electron chi connectivity index (χ4n) is 2.61. The number of fused-ring (bicyclic) bond motifs is 1. The molecule has 0 fully saturated rings. The Morgan fingerprint density at radius 1 is 1.28 bits per heavy atom. The summed E-state index contributed by atoms with van der Waals surface area (Å²) in [4.78, 5) is 23.5. The molecule has 3 rings (SSSR count). The Morgan fingerprint density at radius 3 is 2.59 bits per heavy atom. The minimum absolute atomic E-state index is 0.120. The van der Waals surface area contributed by atoms with Gasteiger partial charge in [-0.05, 0) is 24.4 Å². The average Bonchev–Trinajstić information content (AvgIpc) is 3.06. The highest BCUT2D eigenvalue weighted by Crippen LogP contribution is 2.25. The molecule has 2 amide bonds. The smallest absolute Gasteiger partial charge is 0.257 e. The van der Waals surface area contributed by atoms with E-state index in [0.717, 1.165) is 10.9 Å². The van der Waals surface area contributed by atoms with Gasteiger partial charge in [0.25, 0.3) is 5.91 Å². The predicted octanol–water partition coefficient (Wildman–Crippen LogP) is 3.23. The van der Waals surface area contributed by atoms with Crippen LogP contribution in [0, 0.1) is 5.82 Å². The Balaban J connectivity index is 0.000000278. The van der Waals surface area contributed by atoms with Crippen molar-refractivity contribution in [2.24, 2.45) is 0 Å². The topological polar surface area (TPSA) is 83.4 Å². The van der Waals surface area contributed by atoms with Crippen LogP contribution in [-0.4, -0.2) is 28.5 Å².